The van der Waals surface area contributed by atoms with Gasteiger partial charge >= 0.3 is 11.9 Å². The summed E-state index contributed by atoms with van der Waals surface area (Å²) < 4.78 is 9.42. The number of fused-ring (bicyclic) bond motifs is 1. The van der Waals surface area contributed by atoms with Crippen LogP contribution in [0.25, 0.3) is 0 Å². The van der Waals surface area contributed by atoms with Gasteiger partial charge in [0, 0.05) is 22.8 Å². The fourth-order valence-electron chi connectivity index (χ4n) is 4.27. The summed E-state index contributed by atoms with van der Waals surface area (Å²) in [5.41, 5.74) is 0.785. The zero-order valence-corrected chi connectivity index (χ0v) is 20.5. The number of hydrogen-bond donors (Lipinski definition) is 5. The summed E-state index contributed by atoms with van der Waals surface area (Å²) in [7, 11) is 2.35. The van der Waals surface area contributed by atoms with Crippen molar-refractivity contribution in [1.82, 2.24) is 16.0 Å². The molecule has 5 N–H and O–H groups in total. The van der Waals surface area contributed by atoms with Gasteiger partial charge < -0.3 is 30.7 Å². The lowest BCUT2D eigenvalue weighted by Crippen LogP contribution is -2.72. The zero-order valence-electron chi connectivity index (χ0n) is 19.8. The Morgan fingerprint density at radius 2 is 1.54 bits per heavy atom. The minimum Gasteiger partial charge on any atom is -0.465 e. The van der Waals surface area contributed by atoms with Crippen LogP contribution in [0.2, 0.25) is 5.02 Å². The molecular formula is C24H24ClN5O7. The lowest BCUT2D eigenvalue weighted by molar-refractivity contribution is -0.144. The first kappa shape index (κ1) is 25.9. The molecule has 2 aromatic carbocycles. The maximum atomic E-state index is 13.3. The highest BCUT2D eigenvalue weighted by Gasteiger charge is 2.48. The average Bonchev–Trinajstić information content (AvgIpc) is 2.88. The largest absolute Gasteiger partial charge is 0.465 e. The summed E-state index contributed by atoms with van der Waals surface area (Å²) in [4.78, 5) is 62.9. The van der Waals surface area contributed by atoms with Crippen molar-refractivity contribution >= 4 is 52.6 Å². The van der Waals surface area contributed by atoms with Crippen molar-refractivity contribution in [2.24, 2.45) is 11.8 Å². The molecule has 2 heterocycles. The number of amides is 3. The third kappa shape index (κ3) is 5.81. The van der Waals surface area contributed by atoms with E-state index in [0.29, 0.717) is 10.7 Å². The molecule has 0 aliphatic carbocycles. The van der Waals surface area contributed by atoms with E-state index in [1.807, 2.05) is 0 Å². The Balaban J connectivity index is 1.53. The van der Waals surface area contributed by atoms with Crippen LogP contribution >= 0.6 is 11.6 Å². The molecule has 37 heavy (non-hydrogen) atoms. The molecule has 194 valence electrons. The quantitative estimate of drug-likeness (QED) is 0.344. The third-order valence-corrected chi connectivity index (χ3v) is 6.24. The summed E-state index contributed by atoms with van der Waals surface area (Å²) in [6, 6.07) is 10.7. The van der Waals surface area contributed by atoms with Crippen molar-refractivity contribution < 1.29 is 33.4 Å². The van der Waals surface area contributed by atoms with Crippen molar-refractivity contribution in [3.05, 3.63) is 58.6 Å². The number of halogens is 1. The van der Waals surface area contributed by atoms with Gasteiger partial charge in [-0.15, -0.1) is 0 Å². The molecule has 2 aliphatic heterocycles. The number of ether oxygens (including phenoxy) is 2. The molecule has 4 rings (SSSR count). The molecule has 2 aliphatic rings. The van der Waals surface area contributed by atoms with E-state index in [1.54, 1.807) is 24.3 Å². The topological polar surface area (TPSA) is 164 Å². The van der Waals surface area contributed by atoms with Gasteiger partial charge in [-0.2, -0.15) is 0 Å². The lowest BCUT2D eigenvalue weighted by Gasteiger charge is -2.43. The molecule has 2 saturated heterocycles. The number of carbonyl (C=O) groups excluding carboxylic acids is 5. The minimum absolute atomic E-state index is 0.00755. The molecule has 0 aromatic heterocycles. The van der Waals surface area contributed by atoms with Crippen LogP contribution < -0.4 is 26.6 Å². The molecule has 3 amide bonds. The molecule has 2 fully saturated rings. The van der Waals surface area contributed by atoms with Crippen LogP contribution in [0.1, 0.15) is 27.1 Å². The Labute approximate surface area is 216 Å². The van der Waals surface area contributed by atoms with E-state index in [1.165, 1.54) is 32.4 Å². The highest BCUT2D eigenvalue weighted by atomic mass is 35.5. The fraction of sp³-hybridized carbons (Fsp3) is 0.292. The van der Waals surface area contributed by atoms with Crippen molar-refractivity contribution in [2.45, 2.75) is 18.9 Å². The van der Waals surface area contributed by atoms with Gasteiger partial charge in [-0.1, -0.05) is 11.6 Å². The van der Waals surface area contributed by atoms with Crippen LogP contribution in [-0.4, -0.2) is 56.3 Å². The Morgan fingerprint density at radius 1 is 0.919 bits per heavy atom. The summed E-state index contributed by atoms with van der Waals surface area (Å²) in [5, 5.41) is 14.8. The summed E-state index contributed by atoms with van der Waals surface area (Å²) in [6.07, 6.45) is -1.79. The molecule has 13 heteroatoms. The number of carbonyl (C=O) groups is 5. The molecule has 12 nitrogen and oxygen atoms in total. The van der Waals surface area contributed by atoms with Crippen molar-refractivity contribution in [2.75, 3.05) is 24.9 Å². The van der Waals surface area contributed by atoms with Gasteiger partial charge in [0.05, 0.1) is 43.3 Å². The Bertz CT molecular complexity index is 1220. The SMILES string of the molecule is COC(=O)c1cc(NC(=O)C2CC(=O)NC3NC(Nc4ccc(Cl)cc4)NC(=O)C32)cc(C(=O)OC)c1. The Morgan fingerprint density at radius 3 is 2.14 bits per heavy atom. The van der Waals surface area contributed by atoms with E-state index in [9.17, 15) is 24.0 Å². The first-order valence-corrected chi connectivity index (χ1v) is 11.6. The van der Waals surface area contributed by atoms with Gasteiger partial charge in [0.1, 0.15) is 0 Å². The highest BCUT2D eigenvalue weighted by Crippen LogP contribution is 2.29. The summed E-state index contributed by atoms with van der Waals surface area (Å²) in [5.74, 6) is -4.93. The van der Waals surface area contributed by atoms with Crippen LogP contribution in [0.4, 0.5) is 11.4 Å². The van der Waals surface area contributed by atoms with Gasteiger partial charge in [0.25, 0.3) is 0 Å². The second-order valence-corrected chi connectivity index (χ2v) is 8.85. The zero-order chi connectivity index (χ0) is 26.7. The van der Waals surface area contributed by atoms with Crippen LogP contribution in [0.3, 0.4) is 0 Å². The van der Waals surface area contributed by atoms with Gasteiger partial charge in [-0.05, 0) is 42.5 Å². The number of nitrogens with one attached hydrogen (secondary N) is 5. The van der Waals surface area contributed by atoms with Gasteiger partial charge in [-0.25, -0.2) is 9.59 Å². The monoisotopic (exact) mass is 529 g/mol. The number of benzene rings is 2. The maximum absolute atomic E-state index is 13.3. The second kappa shape index (κ2) is 10.8. The molecule has 0 radical (unpaired) electrons. The van der Waals surface area contributed by atoms with Crippen molar-refractivity contribution in [3.63, 3.8) is 0 Å². The first-order chi connectivity index (χ1) is 17.7. The normalized spacial score (nSPS) is 22.6. The molecule has 0 spiro atoms. The Kier molecular flexibility index (Phi) is 7.60. The van der Waals surface area contributed by atoms with E-state index in [2.05, 4.69) is 26.6 Å². The van der Waals surface area contributed by atoms with Gasteiger partial charge in [0.15, 0.2) is 6.29 Å². The standard InChI is InChI=1S/C24H24ClN5O7/c1-36-22(34)11-7-12(23(35)37-2)9-15(8-11)26-20(32)16-10-17(31)28-19-18(16)21(33)30-24(29-19)27-14-5-3-13(25)4-6-14/h3-9,16,18-19,24,27,29H,10H2,1-2H3,(H,26,32)(H,28,31)(H,30,33). The van der Waals surface area contributed by atoms with Crippen LogP contribution in [-0.2, 0) is 23.9 Å². The molecule has 2 aromatic rings. The Hall–Kier alpha value is -4.16. The number of piperidine rings is 1. The summed E-state index contributed by atoms with van der Waals surface area (Å²) >= 11 is 5.91. The predicted octanol–water partition coefficient (Wildman–Crippen LogP) is 1.05. The number of methoxy groups -OCH3 is 2. The van der Waals surface area contributed by atoms with Crippen LogP contribution in [0.15, 0.2) is 42.5 Å². The lowest BCUT2D eigenvalue weighted by atomic mass is 9.81. The second-order valence-electron chi connectivity index (χ2n) is 8.41. The minimum atomic E-state index is -1.04. The molecular weight excluding hydrogens is 506 g/mol. The average molecular weight is 530 g/mol. The molecule has 0 bridgehead atoms. The maximum Gasteiger partial charge on any atom is 0.337 e. The summed E-state index contributed by atoms with van der Waals surface area (Å²) in [6.45, 7) is 0. The molecule has 0 saturated carbocycles. The van der Waals surface area contributed by atoms with E-state index in [-0.39, 0.29) is 23.2 Å². The smallest absolute Gasteiger partial charge is 0.337 e. The van der Waals surface area contributed by atoms with E-state index >= 15 is 0 Å². The molecule has 4 atom stereocenters. The van der Waals surface area contributed by atoms with E-state index in [0.717, 1.165) is 0 Å². The number of esters is 2. The van der Waals surface area contributed by atoms with Crippen molar-refractivity contribution in [1.29, 1.82) is 0 Å². The number of anilines is 2. The van der Waals surface area contributed by atoms with E-state index < -0.39 is 54.0 Å². The van der Waals surface area contributed by atoms with Gasteiger partial charge in [0.2, 0.25) is 17.7 Å². The predicted molar refractivity (Wildman–Crippen MR) is 131 cm³/mol. The fourth-order valence-corrected chi connectivity index (χ4v) is 4.40. The van der Waals surface area contributed by atoms with Gasteiger partial charge in [-0.3, -0.25) is 19.7 Å². The van der Waals surface area contributed by atoms with Crippen LogP contribution in [0.5, 0.6) is 0 Å². The number of rotatable bonds is 6. The third-order valence-electron chi connectivity index (χ3n) is 5.98. The highest BCUT2D eigenvalue weighted by molar-refractivity contribution is 6.30. The van der Waals surface area contributed by atoms with Crippen molar-refractivity contribution in [3.8, 4) is 0 Å². The van der Waals surface area contributed by atoms with Crippen LogP contribution in [0, 0.1) is 11.8 Å². The first-order valence-electron chi connectivity index (χ1n) is 11.2. The molecule has 4 unspecified atom stereocenters. The number of hydrogen-bond acceptors (Lipinski definition) is 9. The van der Waals surface area contributed by atoms with E-state index in [4.69, 9.17) is 21.1 Å².